The van der Waals surface area contributed by atoms with Crippen LogP contribution in [0.3, 0.4) is 0 Å². The minimum atomic E-state index is -0.952. The molecule has 0 saturated heterocycles. The molecule has 7 heteroatoms. The molecule has 18 heavy (non-hydrogen) atoms. The Balaban J connectivity index is 1.86. The molecule has 7 nitrogen and oxygen atoms in total. The highest BCUT2D eigenvalue weighted by Gasteiger charge is 2.13. The number of hydrogen-bond donors (Lipinski definition) is 2. The first kappa shape index (κ1) is 12.3. The van der Waals surface area contributed by atoms with Crippen molar-refractivity contribution < 1.29 is 9.90 Å². The lowest BCUT2D eigenvalue weighted by Crippen LogP contribution is -2.22. The smallest absolute Gasteiger partial charge is 0.339 e. The van der Waals surface area contributed by atoms with Crippen LogP contribution in [0.25, 0.3) is 0 Å². The number of rotatable bonds is 6. The van der Waals surface area contributed by atoms with E-state index in [1.807, 2.05) is 16.9 Å². The van der Waals surface area contributed by atoms with Crippen molar-refractivity contribution in [2.24, 2.45) is 7.05 Å². The second kappa shape index (κ2) is 5.46. The van der Waals surface area contributed by atoms with Gasteiger partial charge in [0.2, 0.25) is 0 Å². The van der Waals surface area contributed by atoms with Crippen LogP contribution in [0.5, 0.6) is 0 Å². The largest absolute Gasteiger partial charge is 0.478 e. The predicted molar refractivity (Wildman–Crippen MR) is 64.1 cm³/mol. The Hall–Kier alpha value is -2.15. The van der Waals surface area contributed by atoms with E-state index in [-0.39, 0.29) is 5.56 Å². The van der Waals surface area contributed by atoms with E-state index in [0.29, 0.717) is 18.8 Å². The second-order valence-corrected chi connectivity index (χ2v) is 3.88. The number of aryl methyl sites for hydroxylation is 1. The van der Waals surface area contributed by atoms with Crippen molar-refractivity contribution in [2.75, 3.05) is 6.54 Å². The van der Waals surface area contributed by atoms with Gasteiger partial charge in [-0.05, 0) is 6.07 Å². The molecule has 0 unspecified atom stereocenters. The molecule has 0 radical (unpaired) electrons. The van der Waals surface area contributed by atoms with Gasteiger partial charge in [0.1, 0.15) is 5.56 Å². The first-order valence-corrected chi connectivity index (χ1v) is 5.61. The van der Waals surface area contributed by atoms with Crippen LogP contribution in [0.2, 0.25) is 0 Å². The molecule has 0 fully saturated rings. The summed E-state index contributed by atoms with van der Waals surface area (Å²) in [5.41, 5.74) is 0.909. The van der Waals surface area contributed by atoms with Crippen LogP contribution in [-0.2, 0) is 20.1 Å². The molecule has 2 aromatic heterocycles. The summed E-state index contributed by atoms with van der Waals surface area (Å²) in [6.45, 7) is 1.93. The Labute approximate surface area is 104 Å². The summed E-state index contributed by atoms with van der Waals surface area (Å²) in [4.78, 5) is 11.0. The van der Waals surface area contributed by atoms with E-state index in [0.717, 1.165) is 6.54 Å². The molecule has 0 bridgehead atoms. The maximum absolute atomic E-state index is 11.0. The molecular weight excluding hydrogens is 234 g/mol. The van der Waals surface area contributed by atoms with E-state index in [9.17, 15) is 4.79 Å². The molecule has 0 aromatic carbocycles. The fourth-order valence-electron chi connectivity index (χ4n) is 1.68. The standard InChI is InChI=1S/C11H15N5O2/c1-15-10(9(7-14-15)11(17)18)8-12-4-6-16-5-2-3-13-16/h2-3,5,7,12H,4,6,8H2,1H3,(H,17,18). The van der Waals surface area contributed by atoms with Crippen LogP contribution < -0.4 is 5.32 Å². The van der Waals surface area contributed by atoms with Crippen LogP contribution in [0.1, 0.15) is 16.1 Å². The third kappa shape index (κ3) is 2.75. The monoisotopic (exact) mass is 249 g/mol. The van der Waals surface area contributed by atoms with Crippen molar-refractivity contribution in [3.8, 4) is 0 Å². The number of nitrogens with zero attached hydrogens (tertiary/aromatic N) is 4. The van der Waals surface area contributed by atoms with Crippen molar-refractivity contribution in [3.63, 3.8) is 0 Å². The van der Waals surface area contributed by atoms with E-state index in [2.05, 4.69) is 15.5 Å². The topological polar surface area (TPSA) is 85.0 Å². The maximum atomic E-state index is 11.0. The molecular formula is C11H15N5O2. The Morgan fingerprint density at radius 2 is 2.33 bits per heavy atom. The van der Waals surface area contributed by atoms with Crippen LogP contribution in [0.15, 0.2) is 24.7 Å². The highest BCUT2D eigenvalue weighted by molar-refractivity contribution is 5.88. The van der Waals surface area contributed by atoms with Gasteiger partial charge < -0.3 is 10.4 Å². The number of carboxylic acid groups (broad SMARTS) is 1. The number of aromatic carboxylic acids is 1. The zero-order chi connectivity index (χ0) is 13.0. The Bertz CT molecular complexity index is 518. The molecule has 0 aliphatic heterocycles. The van der Waals surface area contributed by atoms with Gasteiger partial charge in [-0.15, -0.1) is 0 Å². The molecule has 2 N–H and O–H groups in total. The van der Waals surface area contributed by atoms with Gasteiger partial charge in [-0.3, -0.25) is 9.36 Å². The van der Waals surface area contributed by atoms with Crippen molar-refractivity contribution >= 4 is 5.97 Å². The van der Waals surface area contributed by atoms with Gasteiger partial charge in [-0.25, -0.2) is 4.79 Å². The summed E-state index contributed by atoms with van der Waals surface area (Å²) in [5, 5.41) is 20.2. The fraction of sp³-hybridized carbons (Fsp3) is 0.364. The van der Waals surface area contributed by atoms with Crippen molar-refractivity contribution in [1.29, 1.82) is 0 Å². The molecule has 0 amide bonds. The number of nitrogens with one attached hydrogen (secondary N) is 1. The van der Waals surface area contributed by atoms with Crippen LogP contribution in [0, 0.1) is 0 Å². The highest BCUT2D eigenvalue weighted by Crippen LogP contribution is 2.06. The summed E-state index contributed by atoms with van der Waals surface area (Å²) in [7, 11) is 1.73. The first-order chi connectivity index (χ1) is 8.68. The summed E-state index contributed by atoms with van der Waals surface area (Å²) in [6.07, 6.45) is 4.98. The lowest BCUT2D eigenvalue weighted by atomic mass is 10.2. The third-order valence-corrected chi connectivity index (χ3v) is 2.66. The zero-order valence-corrected chi connectivity index (χ0v) is 10.1. The Kier molecular flexibility index (Phi) is 3.73. The van der Waals surface area contributed by atoms with E-state index >= 15 is 0 Å². The second-order valence-electron chi connectivity index (χ2n) is 3.88. The molecule has 0 atom stereocenters. The number of carboxylic acids is 1. The molecule has 96 valence electrons. The summed E-state index contributed by atoms with van der Waals surface area (Å²) < 4.78 is 3.39. The summed E-state index contributed by atoms with van der Waals surface area (Å²) in [6, 6.07) is 1.86. The lowest BCUT2D eigenvalue weighted by Gasteiger charge is -2.06. The maximum Gasteiger partial charge on any atom is 0.339 e. The molecule has 0 aliphatic rings. The Morgan fingerprint density at radius 1 is 1.50 bits per heavy atom. The third-order valence-electron chi connectivity index (χ3n) is 2.66. The quantitative estimate of drug-likeness (QED) is 0.709. The highest BCUT2D eigenvalue weighted by atomic mass is 16.4. The summed E-state index contributed by atoms with van der Waals surface area (Å²) in [5.74, 6) is -0.952. The van der Waals surface area contributed by atoms with E-state index < -0.39 is 5.97 Å². The molecule has 2 heterocycles. The van der Waals surface area contributed by atoms with Gasteiger partial charge in [0.25, 0.3) is 0 Å². The van der Waals surface area contributed by atoms with Gasteiger partial charge in [-0.2, -0.15) is 10.2 Å². The van der Waals surface area contributed by atoms with Crippen molar-refractivity contribution in [1.82, 2.24) is 24.9 Å². The van der Waals surface area contributed by atoms with Crippen molar-refractivity contribution in [3.05, 3.63) is 35.9 Å². The SMILES string of the molecule is Cn1ncc(C(=O)O)c1CNCCn1cccn1. The molecule has 2 aromatic rings. The Morgan fingerprint density at radius 3 is 3.00 bits per heavy atom. The van der Waals surface area contributed by atoms with E-state index in [1.165, 1.54) is 6.20 Å². The first-order valence-electron chi connectivity index (χ1n) is 5.61. The lowest BCUT2D eigenvalue weighted by molar-refractivity contribution is 0.0695. The minimum absolute atomic E-state index is 0.240. The van der Waals surface area contributed by atoms with Crippen LogP contribution in [-0.4, -0.2) is 37.2 Å². The van der Waals surface area contributed by atoms with Gasteiger partial charge >= 0.3 is 5.97 Å². The number of hydrogen-bond acceptors (Lipinski definition) is 4. The fourth-order valence-corrected chi connectivity index (χ4v) is 1.68. The molecule has 0 spiro atoms. The van der Waals surface area contributed by atoms with Crippen LogP contribution >= 0.6 is 0 Å². The molecule has 0 saturated carbocycles. The van der Waals surface area contributed by atoms with Crippen LogP contribution in [0.4, 0.5) is 0 Å². The minimum Gasteiger partial charge on any atom is -0.478 e. The summed E-state index contributed by atoms with van der Waals surface area (Å²) >= 11 is 0. The predicted octanol–water partition coefficient (Wildman–Crippen LogP) is 0.105. The average molecular weight is 249 g/mol. The van der Waals surface area contributed by atoms with E-state index in [4.69, 9.17) is 5.11 Å². The normalized spacial score (nSPS) is 10.7. The van der Waals surface area contributed by atoms with E-state index in [1.54, 1.807) is 17.9 Å². The zero-order valence-electron chi connectivity index (χ0n) is 10.1. The van der Waals surface area contributed by atoms with Gasteiger partial charge in [0.05, 0.1) is 18.4 Å². The molecule has 0 aliphatic carbocycles. The van der Waals surface area contributed by atoms with Gasteiger partial charge in [0.15, 0.2) is 0 Å². The molecule has 2 rings (SSSR count). The number of aromatic nitrogens is 4. The number of carbonyl (C=O) groups is 1. The van der Waals surface area contributed by atoms with Crippen molar-refractivity contribution in [2.45, 2.75) is 13.1 Å². The van der Waals surface area contributed by atoms with Gasteiger partial charge in [0, 0.05) is 32.5 Å². The average Bonchev–Trinajstić information content (AvgIpc) is 2.94. The van der Waals surface area contributed by atoms with Gasteiger partial charge in [-0.1, -0.05) is 0 Å².